The molecule has 0 aliphatic carbocycles. The average Bonchev–Trinajstić information content (AvgIpc) is 2.86. The molecular weight excluding hydrogens is 220 g/mol. The Balaban J connectivity index is 1.91. The van der Waals surface area contributed by atoms with E-state index in [2.05, 4.69) is 17.3 Å². The molecule has 1 aromatic rings. The zero-order valence-corrected chi connectivity index (χ0v) is 10.6. The summed E-state index contributed by atoms with van der Waals surface area (Å²) in [5.74, 6) is 0.529. The molecule has 0 radical (unpaired) electrons. The molecule has 2 heterocycles. The minimum absolute atomic E-state index is 0.264. The smallest absolute Gasteiger partial charge is 0.0983 e. The number of hydrogen-bond donors (Lipinski definition) is 1. The molecule has 1 aliphatic heterocycles. The van der Waals surface area contributed by atoms with Crippen molar-refractivity contribution in [1.82, 2.24) is 4.98 Å². The first-order chi connectivity index (χ1) is 7.79. The number of thiazole rings is 1. The molecule has 0 aromatic carbocycles. The molecule has 0 spiro atoms. The molecule has 2 unspecified atom stereocenters. The van der Waals surface area contributed by atoms with Gasteiger partial charge in [0.05, 0.1) is 17.3 Å². The van der Waals surface area contributed by atoms with Gasteiger partial charge in [-0.15, -0.1) is 11.3 Å². The van der Waals surface area contributed by atoms with Gasteiger partial charge in [0.25, 0.3) is 0 Å². The van der Waals surface area contributed by atoms with Crippen LogP contribution in [0.3, 0.4) is 0 Å². The Kier molecular flexibility index (Phi) is 4.32. The quantitative estimate of drug-likeness (QED) is 0.859. The van der Waals surface area contributed by atoms with E-state index in [-0.39, 0.29) is 6.04 Å². The van der Waals surface area contributed by atoms with Gasteiger partial charge in [0.1, 0.15) is 0 Å². The van der Waals surface area contributed by atoms with Gasteiger partial charge in [0, 0.05) is 30.4 Å². The van der Waals surface area contributed by atoms with E-state index in [1.807, 2.05) is 0 Å². The standard InChI is InChI=1S/C12H20N2OS/c1-2-3-10(13)6-11-8-16-12(14-11)9-4-5-15-7-9/h8-10H,2-7,13H2,1H3. The van der Waals surface area contributed by atoms with Gasteiger partial charge in [-0.1, -0.05) is 13.3 Å². The lowest BCUT2D eigenvalue weighted by Gasteiger charge is -2.07. The predicted octanol–water partition coefficient (Wildman–Crippen LogP) is 2.32. The number of nitrogens with two attached hydrogens (primary N) is 1. The first-order valence-electron chi connectivity index (χ1n) is 6.07. The lowest BCUT2D eigenvalue weighted by atomic mass is 10.1. The van der Waals surface area contributed by atoms with E-state index in [0.717, 1.165) is 44.6 Å². The SMILES string of the molecule is CCCC(N)Cc1csc(C2CCOC2)n1. The van der Waals surface area contributed by atoms with Crippen molar-refractivity contribution >= 4 is 11.3 Å². The van der Waals surface area contributed by atoms with Crippen molar-refractivity contribution < 1.29 is 4.74 Å². The van der Waals surface area contributed by atoms with Crippen molar-refractivity contribution in [1.29, 1.82) is 0 Å². The van der Waals surface area contributed by atoms with Gasteiger partial charge in [-0.25, -0.2) is 4.98 Å². The second-order valence-corrected chi connectivity index (χ2v) is 5.38. The molecular formula is C12H20N2OS. The topological polar surface area (TPSA) is 48.1 Å². The van der Waals surface area contributed by atoms with Crippen molar-refractivity contribution in [2.24, 2.45) is 5.73 Å². The fraction of sp³-hybridized carbons (Fsp3) is 0.750. The Morgan fingerprint density at radius 1 is 1.69 bits per heavy atom. The van der Waals surface area contributed by atoms with Crippen molar-refractivity contribution in [3.63, 3.8) is 0 Å². The molecule has 0 bridgehead atoms. The molecule has 0 amide bonds. The zero-order valence-electron chi connectivity index (χ0n) is 9.82. The summed E-state index contributed by atoms with van der Waals surface area (Å²) in [6, 6.07) is 0.264. The Morgan fingerprint density at radius 3 is 3.25 bits per heavy atom. The molecule has 0 saturated carbocycles. The van der Waals surface area contributed by atoms with Gasteiger partial charge in [-0.05, 0) is 12.8 Å². The molecule has 1 saturated heterocycles. The van der Waals surface area contributed by atoms with Crippen LogP contribution in [-0.2, 0) is 11.2 Å². The van der Waals surface area contributed by atoms with E-state index in [1.54, 1.807) is 11.3 Å². The van der Waals surface area contributed by atoms with Gasteiger partial charge in [-0.3, -0.25) is 0 Å². The van der Waals surface area contributed by atoms with Gasteiger partial charge in [-0.2, -0.15) is 0 Å². The van der Waals surface area contributed by atoms with Crippen LogP contribution < -0.4 is 5.73 Å². The van der Waals surface area contributed by atoms with E-state index < -0.39 is 0 Å². The van der Waals surface area contributed by atoms with Crippen LogP contribution in [-0.4, -0.2) is 24.2 Å². The Labute approximate surface area is 101 Å². The lowest BCUT2D eigenvalue weighted by molar-refractivity contribution is 0.194. The number of rotatable bonds is 5. The van der Waals surface area contributed by atoms with E-state index in [1.165, 1.54) is 5.01 Å². The van der Waals surface area contributed by atoms with Crippen molar-refractivity contribution in [2.45, 2.75) is 44.6 Å². The molecule has 2 rings (SSSR count). The summed E-state index contributed by atoms with van der Waals surface area (Å²) in [6.45, 7) is 3.89. The van der Waals surface area contributed by atoms with E-state index in [4.69, 9.17) is 10.5 Å². The second kappa shape index (κ2) is 5.75. The van der Waals surface area contributed by atoms with E-state index in [9.17, 15) is 0 Å². The molecule has 3 nitrogen and oxygen atoms in total. The van der Waals surface area contributed by atoms with Crippen molar-refractivity contribution in [3.05, 3.63) is 16.1 Å². The van der Waals surface area contributed by atoms with Crippen LogP contribution in [0, 0.1) is 0 Å². The largest absolute Gasteiger partial charge is 0.381 e. The molecule has 16 heavy (non-hydrogen) atoms. The Morgan fingerprint density at radius 2 is 2.56 bits per heavy atom. The third kappa shape index (κ3) is 3.03. The van der Waals surface area contributed by atoms with Crippen LogP contribution in [0.5, 0.6) is 0 Å². The third-order valence-corrected chi connectivity index (χ3v) is 4.04. The summed E-state index contributed by atoms with van der Waals surface area (Å²) in [5.41, 5.74) is 7.18. The number of nitrogens with zero attached hydrogens (tertiary/aromatic N) is 1. The van der Waals surface area contributed by atoms with Crippen LogP contribution >= 0.6 is 11.3 Å². The van der Waals surface area contributed by atoms with Gasteiger partial charge < -0.3 is 10.5 Å². The Hall–Kier alpha value is -0.450. The van der Waals surface area contributed by atoms with E-state index >= 15 is 0 Å². The minimum Gasteiger partial charge on any atom is -0.381 e. The maximum absolute atomic E-state index is 6.02. The monoisotopic (exact) mass is 240 g/mol. The molecule has 1 aliphatic rings. The van der Waals surface area contributed by atoms with Gasteiger partial charge in [0.15, 0.2) is 0 Å². The maximum Gasteiger partial charge on any atom is 0.0983 e. The highest BCUT2D eigenvalue weighted by molar-refractivity contribution is 7.09. The summed E-state index contributed by atoms with van der Waals surface area (Å²) < 4.78 is 5.38. The van der Waals surface area contributed by atoms with Gasteiger partial charge >= 0.3 is 0 Å². The molecule has 1 aromatic heterocycles. The highest BCUT2D eigenvalue weighted by atomic mass is 32.1. The minimum atomic E-state index is 0.264. The summed E-state index contributed by atoms with van der Waals surface area (Å²) in [6.07, 6.45) is 4.26. The lowest BCUT2D eigenvalue weighted by Crippen LogP contribution is -2.22. The fourth-order valence-corrected chi connectivity index (χ4v) is 3.03. The molecule has 90 valence electrons. The maximum atomic E-state index is 6.02. The molecule has 2 N–H and O–H groups in total. The first kappa shape index (κ1) is 12.0. The summed E-state index contributed by atoms with van der Waals surface area (Å²) in [4.78, 5) is 4.67. The van der Waals surface area contributed by atoms with Crippen LogP contribution in [0.1, 0.15) is 42.8 Å². The summed E-state index contributed by atoms with van der Waals surface area (Å²) in [7, 11) is 0. The molecule has 4 heteroatoms. The Bertz CT molecular complexity index is 321. The summed E-state index contributed by atoms with van der Waals surface area (Å²) >= 11 is 1.76. The second-order valence-electron chi connectivity index (χ2n) is 4.49. The highest BCUT2D eigenvalue weighted by Crippen LogP contribution is 2.28. The summed E-state index contributed by atoms with van der Waals surface area (Å²) in [5, 5.41) is 3.39. The van der Waals surface area contributed by atoms with Crippen molar-refractivity contribution in [2.75, 3.05) is 13.2 Å². The highest BCUT2D eigenvalue weighted by Gasteiger charge is 2.21. The van der Waals surface area contributed by atoms with Gasteiger partial charge in [0.2, 0.25) is 0 Å². The number of aromatic nitrogens is 1. The molecule has 2 atom stereocenters. The molecule has 1 fully saturated rings. The normalized spacial score (nSPS) is 22.5. The fourth-order valence-electron chi connectivity index (χ4n) is 2.07. The zero-order chi connectivity index (χ0) is 11.4. The average molecular weight is 240 g/mol. The predicted molar refractivity (Wildman–Crippen MR) is 66.9 cm³/mol. The number of ether oxygens (including phenoxy) is 1. The van der Waals surface area contributed by atoms with Crippen molar-refractivity contribution in [3.8, 4) is 0 Å². The van der Waals surface area contributed by atoms with Crippen LogP contribution in [0.4, 0.5) is 0 Å². The third-order valence-electron chi connectivity index (χ3n) is 2.98. The van der Waals surface area contributed by atoms with Crippen LogP contribution in [0.25, 0.3) is 0 Å². The first-order valence-corrected chi connectivity index (χ1v) is 6.95. The van der Waals surface area contributed by atoms with Crippen LogP contribution in [0.15, 0.2) is 5.38 Å². The van der Waals surface area contributed by atoms with Crippen LogP contribution in [0.2, 0.25) is 0 Å². The number of hydrogen-bond acceptors (Lipinski definition) is 4. The van der Waals surface area contributed by atoms with E-state index in [0.29, 0.717) is 5.92 Å².